The van der Waals surface area contributed by atoms with Crippen molar-refractivity contribution in [2.45, 2.75) is 32.9 Å². The first-order chi connectivity index (χ1) is 12.0. The van der Waals surface area contributed by atoms with E-state index in [0.29, 0.717) is 27.7 Å². The zero-order valence-electron chi connectivity index (χ0n) is 14.2. The number of nitrogens with zero attached hydrogens (tertiary/aromatic N) is 3. The van der Waals surface area contributed by atoms with Crippen molar-refractivity contribution < 1.29 is 4.79 Å². The number of anilines is 1. The molecule has 0 bridgehead atoms. The molecule has 1 N–H and O–H groups in total. The van der Waals surface area contributed by atoms with Gasteiger partial charge in [-0.25, -0.2) is 0 Å². The Bertz CT molecular complexity index is 884. The fourth-order valence-electron chi connectivity index (χ4n) is 2.94. The van der Waals surface area contributed by atoms with Crippen LogP contribution in [0.5, 0.6) is 0 Å². The lowest BCUT2D eigenvalue weighted by Gasteiger charge is -2.30. The Balaban J connectivity index is 1.84. The normalized spacial score (nSPS) is 13.8. The van der Waals surface area contributed by atoms with Crippen LogP contribution in [0, 0.1) is 22.7 Å². The van der Waals surface area contributed by atoms with Crippen molar-refractivity contribution in [2.75, 3.05) is 11.9 Å². The number of nitrogens with one attached hydrogen (secondary N) is 1. The largest absolute Gasteiger partial charge is 0.312 e. The van der Waals surface area contributed by atoms with E-state index in [1.54, 1.807) is 24.3 Å². The van der Waals surface area contributed by atoms with Gasteiger partial charge in [-0.3, -0.25) is 9.69 Å². The molecular weight excluding hydrogens is 332 g/mol. The number of hydrogen-bond acceptors (Lipinski definition) is 5. The van der Waals surface area contributed by atoms with E-state index in [0.717, 1.165) is 30.0 Å². The molecule has 0 aliphatic carbocycles. The molecule has 1 aliphatic rings. The molecule has 6 heteroatoms. The summed E-state index contributed by atoms with van der Waals surface area (Å²) in [7, 11) is 0. The monoisotopic (exact) mass is 350 g/mol. The van der Waals surface area contributed by atoms with Crippen molar-refractivity contribution in [3.8, 4) is 12.1 Å². The highest BCUT2D eigenvalue weighted by Crippen LogP contribution is 2.37. The molecule has 5 nitrogen and oxygen atoms in total. The summed E-state index contributed by atoms with van der Waals surface area (Å²) in [5, 5.41) is 21.9. The summed E-state index contributed by atoms with van der Waals surface area (Å²) in [6.07, 6.45) is 0.833. The summed E-state index contributed by atoms with van der Waals surface area (Å²) in [6, 6.07) is 11.2. The predicted octanol–water partition coefficient (Wildman–Crippen LogP) is 3.51. The number of carbonyl (C=O) groups excluding carboxylic acids is 1. The van der Waals surface area contributed by atoms with Gasteiger partial charge in [-0.15, -0.1) is 11.3 Å². The van der Waals surface area contributed by atoms with E-state index in [9.17, 15) is 10.1 Å². The van der Waals surface area contributed by atoms with E-state index in [1.807, 2.05) is 6.07 Å². The van der Waals surface area contributed by atoms with Gasteiger partial charge in [-0.2, -0.15) is 10.5 Å². The number of carbonyl (C=O) groups is 1. The number of thiophene rings is 1. The zero-order chi connectivity index (χ0) is 18.0. The quantitative estimate of drug-likeness (QED) is 0.918. The molecule has 0 fully saturated rings. The molecule has 1 aromatic heterocycles. The Morgan fingerprint density at radius 1 is 1.24 bits per heavy atom. The van der Waals surface area contributed by atoms with Crippen molar-refractivity contribution >= 4 is 22.2 Å². The van der Waals surface area contributed by atoms with Gasteiger partial charge in [0.2, 0.25) is 0 Å². The van der Waals surface area contributed by atoms with E-state index >= 15 is 0 Å². The van der Waals surface area contributed by atoms with Crippen LogP contribution in [0.1, 0.15) is 45.8 Å². The van der Waals surface area contributed by atoms with Gasteiger partial charge in [-0.1, -0.05) is 0 Å². The average Bonchev–Trinajstić information content (AvgIpc) is 2.97. The Labute approximate surface area is 151 Å². The lowest BCUT2D eigenvalue weighted by Crippen LogP contribution is -2.35. The molecule has 126 valence electrons. The van der Waals surface area contributed by atoms with Crippen molar-refractivity contribution in [1.29, 1.82) is 10.5 Å². The Hall–Kier alpha value is -2.67. The van der Waals surface area contributed by atoms with Gasteiger partial charge in [0.15, 0.2) is 0 Å². The van der Waals surface area contributed by atoms with Crippen LogP contribution < -0.4 is 5.32 Å². The predicted molar refractivity (Wildman–Crippen MR) is 97.4 cm³/mol. The minimum atomic E-state index is -0.264. The zero-order valence-corrected chi connectivity index (χ0v) is 15.0. The van der Waals surface area contributed by atoms with E-state index in [1.165, 1.54) is 11.3 Å². The first-order valence-electron chi connectivity index (χ1n) is 8.13. The highest BCUT2D eigenvalue weighted by Gasteiger charge is 2.26. The maximum Gasteiger partial charge on any atom is 0.256 e. The van der Waals surface area contributed by atoms with Crippen LogP contribution in [0.3, 0.4) is 0 Å². The first-order valence-corrected chi connectivity index (χ1v) is 8.95. The fraction of sp³-hybridized carbons (Fsp3) is 0.316. The number of rotatable bonds is 3. The molecule has 1 aliphatic heterocycles. The van der Waals surface area contributed by atoms with Gasteiger partial charge in [0.05, 0.1) is 17.2 Å². The van der Waals surface area contributed by atoms with E-state index in [-0.39, 0.29) is 5.91 Å². The fourth-order valence-corrected chi connectivity index (χ4v) is 4.16. The maximum absolute atomic E-state index is 12.5. The summed E-state index contributed by atoms with van der Waals surface area (Å²) in [6.45, 7) is 6.08. The number of benzene rings is 1. The van der Waals surface area contributed by atoms with E-state index < -0.39 is 0 Å². The molecule has 0 atom stereocenters. The Morgan fingerprint density at radius 2 is 1.96 bits per heavy atom. The second kappa shape index (κ2) is 7.06. The van der Waals surface area contributed by atoms with Crippen molar-refractivity contribution in [3.05, 3.63) is 51.4 Å². The Kier molecular flexibility index (Phi) is 4.85. The van der Waals surface area contributed by atoms with Gasteiger partial charge in [0.1, 0.15) is 11.1 Å². The van der Waals surface area contributed by atoms with E-state index in [4.69, 9.17) is 5.26 Å². The minimum absolute atomic E-state index is 0.264. The molecule has 0 radical (unpaired) electrons. The van der Waals surface area contributed by atoms with Crippen LogP contribution in [-0.4, -0.2) is 23.4 Å². The first kappa shape index (κ1) is 17.2. The standard InChI is InChI=1S/C19H18N4OS/c1-12(2)23-8-7-15-16(10-21)19(25-17(15)11-23)22-18(24)14-5-3-13(9-20)4-6-14/h3-6,12H,7-8,11H2,1-2H3,(H,22,24). The molecule has 0 saturated carbocycles. The second-order valence-electron chi connectivity index (χ2n) is 6.28. The van der Waals surface area contributed by atoms with E-state index in [2.05, 4.69) is 30.1 Å². The molecule has 2 heterocycles. The minimum Gasteiger partial charge on any atom is -0.312 e. The van der Waals surface area contributed by atoms with Crippen LogP contribution in [0.2, 0.25) is 0 Å². The molecule has 0 spiro atoms. The van der Waals surface area contributed by atoms with Crippen molar-refractivity contribution in [2.24, 2.45) is 0 Å². The molecule has 1 amide bonds. The number of amides is 1. The van der Waals surface area contributed by atoms with Crippen molar-refractivity contribution in [1.82, 2.24) is 4.90 Å². The number of hydrogen-bond donors (Lipinski definition) is 1. The summed E-state index contributed by atoms with van der Waals surface area (Å²) in [5.41, 5.74) is 2.64. The van der Waals surface area contributed by atoms with Gasteiger partial charge >= 0.3 is 0 Å². The molecule has 0 saturated heterocycles. The second-order valence-corrected chi connectivity index (χ2v) is 7.38. The molecule has 25 heavy (non-hydrogen) atoms. The van der Waals surface area contributed by atoms with Gasteiger partial charge < -0.3 is 5.32 Å². The third kappa shape index (κ3) is 3.41. The molecule has 0 unspecified atom stereocenters. The summed E-state index contributed by atoms with van der Waals surface area (Å²) in [4.78, 5) is 16.0. The summed E-state index contributed by atoms with van der Waals surface area (Å²) < 4.78 is 0. The van der Waals surface area contributed by atoms with Gasteiger partial charge in [-0.05, 0) is 50.1 Å². The van der Waals surface area contributed by atoms with Crippen LogP contribution in [0.4, 0.5) is 5.00 Å². The maximum atomic E-state index is 12.5. The molecule has 3 rings (SSSR count). The van der Waals surface area contributed by atoms with Crippen LogP contribution in [-0.2, 0) is 13.0 Å². The van der Waals surface area contributed by atoms with Crippen molar-refractivity contribution in [3.63, 3.8) is 0 Å². The average molecular weight is 350 g/mol. The SMILES string of the molecule is CC(C)N1CCc2c(sc(NC(=O)c3ccc(C#N)cc3)c2C#N)C1. The van der Waals surface area contributed by atoms with Crippen LogP contribution in [0.15, 0.2) is 24.3 Å². The summed E-state index contributed by atoms with van der Waals surface area (Å²) >= 11 is 1.49. The smallest absolute Gasteiger partial charge is 0.256 e. The van der Waals surface area contributed by atoms with Gasteiger partial charge in [0, 0.05) is 29.6 Å². The number of nitriles is 2. The molecule has 1 aromatic carbocycles. The third-order valence-corrected chi connectivity index (χ3v) is 5.56. The highest BCUT2D eigenvalue weighted by atomic mass is 32.1. The van der Waals surface area contributed by atoms with Gasteiger partial charge in [0.25, 0.3) is 5.91 Å². The Morgan fingerprint density at radius 3 is 2.56 bits per heavy atom. The molecule has 2 aromatic rings. The van der Waals surface area contributed by atoms with Crippen LogP contribution >= 0.6 is 11.3 Å². The lowest BCUT2D eigenvalue weighted by molar-refractivity contribution is 0.102. The molecular formula is C19H18N4OS. The topological polar surface area (TPSA) is 79.9 Å². The number of fused-ring (bicyclic) bond motifs is 1. The third-order valence-electron chi connectivity index (χ3n) is 4.43. The van der Waals surface area contributed by atoms with Crippen LogP contribution in [0.25, 0.3) is 0 Å². The lowest BCUT2D eigenvalue weighted by atomic mass is 10.0. The highest BCUT2D eigenvalue weighted by molar-refractivity contribution is 7.16. The summed E-state index contributed by atoms with van der Waals surface area (Å²) in [5.74, 6) is -0.264.